The highest BCUT2D eigenvalue weighted by molar-refractivity contribution is 8.00. The number of anilines is 2. The number of fused-ring (bicyclic) bond motifs is 3. The molecule has 42 heavy (non-hydrogen) atoms. The molecule has 10 heteroatoms. The van der Waals surface area contributed by atoms with Crippen LogP contribution < -0.4 is 15.1 Å². The quantitative estimate of drug-likeness (QED) is 0.266. The minimum absolute atomic E-state index is 0.246. The molecular formula is C32H22FN3O4S2. The lowest BCUT2D eigenvalue weighted by atomic mass is 9.83. The van der Waals surface area contributed by atoms with E-state index in [1.54, 1.807) is 0 Å². The number of thiazole rings is 1. The highest BCUT2D eigenvalue weighted by Crippen LogP contribution is 2.53. The van der Waals surface area contributed by atoms with Crippen LogP contribution in [0.2, 0.25) is 0 Å². The molecule has 3 atom stereocenters. The molecule has 5 aromatic rings. The molecule has 1 fully saturated rings. The summed E-state index contributed by atoms with van der Waals surface area (Å²) in [7, 11) is 0. The Morgan fingerprint density at radius 3 is 2.33 bits per heavy atom. The van der Waals surface area contributed by atoms with Crippen molar-refractivity contribution in [3.05, 3.63) is 123 Å². The fourth-order valence-electron chi connectivity index (χ4n) is 5.79. The van der Waals surface area contributed by atoms with E-state index >= 15 is 0 Å². The van der Waals surface area contributed by atoms with Crippen LogP contribution in [-0.2, 0) is 20.9 Å². The van der Waals surface area contributed by atoms with Gasteiger partial charge in [0, 0.05) is 21.9 Å². The first-order chi connectivity index (χ1) is 20.4. The molecule has 4 aromatic carbocycles. The van der Waals surface area contributed by atoms with Crippen LogP contribution >= 0.6 is 23.1 Å². The van der Waals surface area contributed by atoms with Gasteiger partial charge in [-0.15, -0.1) is 0 Å². The second kappa shape index (κ2) is 10.4. The lowest BCUT2D eigenvalue weighted by molar-refractivity contribution is -0.122. The zero-order chi connectivity index (χ0) is 29.0. The fraction of sp³-hybridized carbons (Fsp3) is 0.125. The number of carbonyl (C=O) groups is 3. The van der Waals surface area contributed by atoms with Crippen LogP contribution in [-0.4, -0.2) is 27.5 Å². The molecule has 3 heterocycles. The second-order valence-corrected chi connectivity index (χ2v) is 12.3. The number of rotatable bonds is 5. The maximum absolute atomic E-state index is 13.9. The first kappa shape index (κ1) is 26.4. The number of benzene rings is 4. The lowest BCUT2D eigenvalue weighted by Crippen LogP contribution is -2.33. The Bertz CT molecular complexity index is 1930. The van der Waals surface area contributed by atoms with Crippen molar-refractivity contribution in [2.45, 2.75) is 22.7 Å². The van der Waals surface area contributed by atoms with Crippen LogP contribution in [0.1, 0.15) is 16.4 Å². The molecule has 0 aliphatic carbocycles. The first-order valence-corrected chi connectivity index (χ1v) is 15.0. The highest BCUT2D eigenvalue weighted by atomic mass is 32.2. The smallest absolute Gasteiger partial charge is 0.308 e. The number of nitrogens with zero attached hydrogens (tertiary/aromatic N) is 2. The van der Waals surface area contributed by atoms with Crippen LogP contribution in [0.25, 0.3) is 10.8 Å². The maximum atomic E-state index is 13.9. The standard InChI is InChI=1S/C32H22FN3O4S2/c33-20-13-15-21(16-14-20)36-29(38)26-25(19-8-2-1-3-9-19)28-31(41-27(26)30(36)39)35(32(40)42-28)17-24(37)34-23-12-6-10-18-7-4-5-11-22(18)23/h1-16,25-27H,17H2,(H,34,37). The van der Waals surface area contributed by atoms with E-state index in [-0.39, 0.29) is 17.3 Å². The zero-order valence-electron chi connectivity index (χ0n) is 21.9. The molecule has 1 N–H and O–H groups in total. The number of thioether (sulfide) groups is 1. The minimum atomic E-state index is -0.818. The molecule has 3 unspecified atom stereocenters. The summed E-state index contributed by atoms with van der Waals surface area (Å²) >= 11 is 2.14. The molecule has 208 valence electrons. The van der Waals surface area contributed by atoms with Gasteiger partial charge in [0.25, 0.3) is 0 Å². The Labute approximate surface area is 247 Å². The summed E-state index contributed by atoms with van der Waals surface area (Å²) in [6, 6.07) is 27.9. The molecule has 2 aliphatic heterocycles. The van der Waals surface area contributed by atoms with E-state index in [1.165, 1.54) is 28.8 Å². The molecule has 2 aliphatic rings. The number of imide groups is 1. The van der Waals surface area contributed by atoms with Gasteiger partial charge in [0.05, 0.1) is 16.6 Å². The molecule has 0 radical (unpaired) electrons. The third-order valence-electron chi connectivity index (χ3n) is 7.66. The Balaban J connectivity index is 1.27. The summed E-state index contributed by atoms with van der Waals surface area (Å²) < 4.78 is 15.0. The molecule has 0 saturated carbocycles. The van der Waals surface area contributed by atoms with E-state index in [2.05, 4.69) is 5.32 Å². The van der Waals surface area contributed by atoms with E-state index in [4.69, 9.17) is 0 Å². The molecule has 3 amide bonds. The van der Waals surface area contributed by atoms with E-state index in [0.29, 0.717) is 21.3 Å². The van der Waals surface area contributed by atoms with Crippen molar-refractivity contribution in [2.24, 2.45) is 5.92 Å². The Hall–Kier alpha value is -4.54. The topological polar surface area (TPSA) is 88.5 Å². The molecule has 7 nitrogen and oxygen atoms in total. The average molecular weight is 596 g/mol. The van der Waals surface area contributed by atoms with Gasteiger partial charge in [-0.3, -0.25) is 23.7 Å². The van der Waals surface area contributed by atoms with Gasteiger partial charge < -0.3 is 5.32 Å². The number of halogens is 1. The monoisotopic (exact) mass is 595 g/mol. The summed E-state index contributed by atoms with van der Waals surface area (Å²) in [5.74, 6) is -3.01. The predicted molar refractivity (Wildman–Crippen MR) is 161 cm³/mol. The van der Waals surface area contributed by atoms with E-state index < -0.39 is 34.7 Å². The van der Waals surface area contributed by atoms with Gasteiger partial charge in [-0.05, 0) is 41.3 Å². The van der Waals surface area contributed by atoms with E-state index in [1.807, 2.05) is 72.8 Å². The number of hydrogen-bond donors (Lipinski definition) is 1. The van der Waals surface area contributed by atoms with Crippen molar-refractivity contribution in [2.75, 3.05) is 10.2 Å². The van der Waals surface area contributed by atoms with Gasteiger partial charge in [0.15, 0.2) is 0 Å². The highest BCUT2D eigenvalue weighted by Gasteiger charge is 2.56. The Kier molecular flexibility index (Phi) is 6.52. The predicted octanol–water partition coefficient (Wildman–Crippen LogP) is 5.64. The van der Waals surface area contributed by atoms with Crippen LogP contribution in [0, 0.1) is 11.7 Å². The normalized spacial score (nSPS) is 19.5. The summed E-state index contributed by atoms with van der Waals surface area (Å²) in [6.45, 7) is -0.246. The number of carbonyl (C=O) groups excluding carboxylic acids is 3. The van der Waals surface area contributed by atoms with Gasteiger partial charge in [-0.25, -0.2) is 9.29 Å². The summed E-state index contributed by atoms with van der Waals surface area (Å²) in [6.07, 6.45) is 0. The van der Waals surface area contributed by atoms with Crippen LogP contribution in [0.3, 0.4) is 0 Å². The van der Waals surface area contributed by atoms with Crippen LogP contribution in [0.15, 0.2) is 107 Å². The van der Waals surface area contributed by atoms with E-state index in [0.717, 1.165) is 44.3 Å². The number of amides is 3. The molecule has 1 saturated heterocycles. The van der Waals surface area contributed by atoms with Gasteiger partial charge in [-0.2, -0.15) is 0 Å². The van der Waals surface area contributed by atoms with Crippen molar-refractivity contribution in [1.29, 1.82) is 0 Å². The number of aromatic nitrogens is 1. The molecule has 1 aromatic heterocycles. The average Bonchev–Trinajstić information content (AvgIpc) is 3.44. The van der Waals surface area contributed by atoms with Gasteiger partial charge >= 0.3 is 4.87 Å². The van der Waals surface area contributed by atoms with Crippen molar-refractivity contribution < 1.29 is 18.8 Å². The largest absolute Gasteiger partial charge is 0.324 e. The van der Waals surface area contributed by atoms with Crippen LogP contribution in [0.5, 0.6) is 0 Å². The molecule has 7 rings (SSSR count). The Morgan fingerprint density at radius 1 is 0.833 bits per heavy atom. The summed E-state index contributed by atoms with van der Waals surface area (Å²) in [5, 5.41) is 4.48. The second-order valence-electron chi connectivity index (χ2n) is 10.1. The lowest BCUT2D eigenvalue weighted by Gasteiger charge is -2.30. The number of hydrogen-bond acceptors (Lipinski definition) is 6. The summed E-state index contributed by atoms with van der Waals surface area (Å²) in [5.41, 5.74) is 1.73. The summed E-state index contributed by atoms with van der Waals surface area (Å²) in [4.78, 5) is 55.7. The van der Waals surface area contributed by atoms with E-state index in [9.17, 15) is 23.6 Å². The third kappa shape index (κ3) is 4.34. The maximum Gasteiger partial charge on any atom is 0.308 e. The van der Waals surface area contributed by atoms with Crippen LogP contribution in [0.4, 0.5) is 15.8 Å². The van der Waals surface area contributed by atoms with Gasteiger partial charge in [0.1, 0.15) is 17.6 Å². The van der Waals surface area contributed by atoms with Crippen molar-refractivity contribution in [1.82, 2.24) is 4.57 Å². The minimum Gasteiger partial charge on any atom is -0.324 e. The van der Waals surface area contributed by atoms with Gasteiger partial charge in [-0.1, -0.05) is 89.8 Å². The van der Waals surface area contributed by atoms with Crippen molar-refractivity contribution >= 4 is 63.0 Å². The Morgan fingerprint density at radius 2 is 1.55 bits per heavy atom. The van der Waals surface area contributed by atoms with Crippen molar-refractivity contribution in [3.63, 3.8) is 0 Å². The first-order valence-electron chi connectivity index (χ1n) is 13.3. The van der Waals surface area contributed by atoms with Gasteiger partial charge in [0.2, 0.25) is 17.7 Å². The third-order valence-corrected chi connectivity index (χ3v) is 10.3. The van der Waals surface area contributed by atoms with Crippen molar-refractivity contribution in [3.8, 4) is 0 Å². The zero-order valence-corrected chi connectivity index (χ0v) is 23.5. The molecule has 0 spiro atoms. The molecule has 0 bridgehead atoms. The SMILES string of the molecule is O=C(Cn1c2c(sc1=O)C(c1ccccc1)C1C(=O)N(c3ccc(F)cc3)C(=O)C1S2)Nc1cccc2ccccc12. The number of nitrogens with one attached hydrogen (secondary N) is 1. The fourth-order valence-corrected chi connectivity index (χ4v) is 8.56. The molecular weight excluding hydrogens is 574 g/mol.